The molecule has 19 heavy (non-hydrogen) atoms. The van der Waals surface area contributed by atoms with Crippen LogP contribution in [-0.2, 0) is 4.79 Å². The van der Waals surface area contributed by atoms with Crippen LogP contribution in [0.1, 0.15) is 38.5 Å². The smallest absolute Gasteiger partial charge is 0.317 e. The molecular formula is C14H22N2O3. The van der Waals surface area contributed by atoms with Gasteiger partial charge < -0.3 is 15.3 Å². The van der Waals surface area contributed by atoms with Gasteiger partial charge in [-0.2, -0.15) is 0 Å². The lowest BCUT2D eigenvalue weighted by Gasteiger charge is -2.23. The SMILES string of the molecule is O=C(O)CC1CCN(C(=O)NC(C2CC2)C2CC2)C1. The van der Waals surface area contributed by atoms with Gasteiger partial charge in [-0.1, -0.05) is 0 Å². The number of nitrogens with zero attached hydrogens (tertiary/aromatic N) is 1. The van der Waals surface area contributed by atoms with Crippen LogP contribution >= 0.6 is 0 Å². The molecule has 2 saturated carbocycles. The molecule has 1 heterocycles. The molecular weight excluding hydrogens is 244 g/mol. The number of carboxylic acids is 1. The van der Waals surface area contributed by atoms with Crippen LogP contribution in [0.3, 0.4) is 0 Å². The monoisotopic (exact) mass is 266 g/mol. The Labute approximate surface area is 113 Å². The number of rotatable bonds is 5. The van der Waals surface area contributed by atoms with E-state index in [9.17, 15) is 9.59 Å². The van der Waals surface area contributed by atoms with Gasteiger partial charge in [0.2, 0.25) is 0 Å². The maximum absolute atomic E-state index is 12.2. The molecule has 0 spiro atoms. The second kappa shape index (κ2) is 5.02. The second-order valence-corrected chi connectivity index (χ2v) is 6.35. The molecule has 3 rings (SSSR count). The maximum atomic E-state index is 12.2. The van der Waals surface area contributed by atoms with Crippen molar-refractivity contribution in [2.45, 2.75) is 44.6 Å². The molecule has 3 fully saturated rings. The van der Waals surface area contributed by atoms with Crippen LogP contribution in [0.2, 0.25) is 0 Å². The Hall–Kier alpha value is -1.26. The van der Waals surface area contributed by atoms with Gasteiger partial charge in [0.25, 0.3) is 0 Å². The molecule has 2 aliphatic carbocycles. The maximum Gasteiger partial charge on any atom is 0.317 e. The lowest BCUT2D eigenvalue weighted by molar-refractivity contribution is -0.138. The number of urea groups is 1. The Bertz CT molecular complexity index is 365. The predicted molar refractivity (Wildman–Crippen MR) is 69.7 cm³/mol. The van der Waals surface area contributed by atoms with E-state index in [1.165, 1.54) is 25.7 Å². The van der Waals surface area contributed by atoms with Crippen LogP contribution in [0.25, 0.3) is 0 Å². The van der Waals surface area contributed by atoms with E-state index in [0.717, 1.165) is 6.42 Å². The summed E-state index contributed by atoms with van der Waals surface area (Å²) in [5, 5.41) is 12.0. The average molecular weight is 266 g/mol. The van der Waals surface area contributed by atoms with Gasteiger partial charge in [0, 0.05) is 25.6 Å². The Morgan fingerprint density at radius 3 is 2.32 bits per heavy atom. The molecule has 0 aromatic heterocycles. The van der Waals surface area contributed by atoms with Crippen LogP contribution < -0.4 is 5.32 Å². The lowest BCUT2D eigenvalue weighted by Crippen LogP contribution is -2.45. The Kier molecular flexibility index (Phi) is 3.37. The number of carboxylic acid groups (broad SMARTS) is 1. The van der Waals surface area contributed by atoms with Crippen molar-refractivity contribution in [3.8, 4) is 0 Å². The Balaban J connectivity index is 1.49. The lowest BCUT2D eigenvalue weighted by atomic mass is 10.1. The van der Waals surface area contributed by atoms with Crippen molar-refractivity contribution in [2.24, 2.45) is 17.8 Å². The van der Waals surface area contributed by atoms with E-state index < -0.39 is 5.97 Å². The molecule has 3 aliphatic rings. The number of hydrogen-bond acceptors (Lipinski definition) is 2. The number of likely N-dealkylation sites (tertiary alicyclic amines) is 1. The van der Waals surface area contributed by atoms with Gasteiger partial charge in [-0.3, -0.25) is 4.79 Å². The molecule has 1 saturated heterocycles. The first-order valence-electron chi connectivity index (χ1n) is 7.40. The quantitative estimate of drug-likeness (QED) is 0.795. The van der Waals surface area contributed by atoms with Gasteiger partial charge in [-0.15, -0.1) is 0 Å². The van der Waals surface area contributed by atoms with Crippen molar-refractivity contribution >= 4 is 12.0 Å². The van der Waals surface area contributed by atoms with Gasteiger partial charge in [-0.25, -0.2) is 4.79 Å². The molecule has 5 nitrogen and oxygen atoms in total. The third-order valence-electron chi connectivity index (χ3n) is 4.59. The number of carbonyl (C=O) groups excluding carboxylic acids is 1. The highest BCUT2D eigenvalue weighted by Gasteiger charge is 2.43. The van der Waals surface area contributed by atoms with E-state index >= 15 is 0 Å². The van der Waals surface area contributed by atoms with Crippen LogP contribution in [0, 0.1) is 17.8 Å². The highest BCUT2D eigenvalue weighted by atomic mass is 16.4. The number of hydrogen-bond donors (Lipinski definition) is 2. The van der Waals surface area contributed by atoms with Crippen molar-refractivity contribution in [3.63, 3.8) is 0 Å². The van der Waals surface area contributed by atoms with Gasteiger partial charge in [0.1, 0.15) is 0 Å². The summed E-state index contributed by atoms with van der Waals surface area (Å²) < 4.78 is 0. The average Bonchev–Trinajstić information content (AvgIpc) is 3.25. The highest BCUT2D eigenvalue weighted by Crippen LogP contribution is 2.44. The molecule has 1 atom stereocenters. The number of amides is 2. The van der Waals surface area contributed by atoms with E-state index in [4.69, 9.17) is 5.11 Å². The zero-order valence-electron chi connectivity index (χ0n) is 11.2. The standard InChI is InChI=1S/C14H22N2O3/c17-12(18)7-9-5-6-16(8-9)14(19)15-13(10-1-2-10)11-3-4-11/h9-11,13H,1-8H2,(H,15,19)(H,17,18). The van der Waals surface area contributed by atoms with E-state index in [1.807, 2.05) is 0 Å². The molecule has 1 unspecified atom stereocenters. The zero-order valence-corrected chi connectivity index (χ0v) is 11.2. The molecule has 0 bridgehead atoms. The summed E-state index contributed by atoms with van der Waals surface area (Å²) in [6, 6.07) is 0.405. The summed E-state index contributed by atoms with van der Waals surface area (Å²) in [5.74, 6) is 0.771. The summed E-state index contributed by atoms with van der Waals surface area (Å²) in [5.41, 5.74) is 0. The third kappa shape index (κ3) is 3.19. The summed E-state index contributed by atoms with van der Waals surface area (Å²) in [6.45, 7) is 1.30. The van der Waals surface area contributed by atoms with E-state index in [1.54, 1.807) is 4.90 Å². The number of aliphatic carboxylic acids is 1. The van der Waals surface area contributed by atoms with E-state index in [0.29, 0.717) is 31.0 Å². The topological polar surface area (TPSA) is 69.6 Å². The molecule has 2 N–H and O–H groups in total. The Morgan fingerprint density at radius 2 is 1.79 bits per heavy atom. The predicted octanol–water partition coefficient (Wildman–Crippen LogP) is 1.68. The summed E-state index contributed by atoms with van der Waals surface area (Å²) in [4.78, 5) is 24.7. The van der Waals surface area contributed by atoms with Gasteiger partial charge in [0.05, 0.1) is 0 Å². The largest absolute Gasteiger partial charge is 0.481 e. The van der Waals surface area contributed by atoms with E-state index in [-0.39, 0.29) is 18.4 Å². The third-order valence-corrected chi connectivity index (χ3v) is 4.59. The zero-order chi connectivity index (χ0) is 13.4. The minimum Gasteiger partial charge on any atom is -0.481 e. The van der Waals surface area contributed by atoms with Crippen LogP contribution in [0.5, 0.6) is 0 Å². The number of carbonyl (C=O) groups is 2. The molecule has 0 aromatic rings. The summed E-state index contributed by atoms with van der Waals surface area (Å²) in [7, 11) is 0. The minimum atomic E-state index is -0.763. The van der Waals surface area contributed by atoms with Crippen LogP contribution in [0.4, 0.5) is 4.79 Å². The fourth-order valence-corrected chi connectivity index (χ4v) is 3.20. The van der Waals surface area contributed by atoms with Crippen molar-refractivity contribution in [1.29, 1.82) is 0 Å². The van der Waals surface area contributed by atoms with Crippen molar-refractivity contribution in [1.82, 2.24) is 10.2 Å². The second-order valence-electron chi connectivity index (χ2n) is 6.35. The van der Waals surface area contributed by atoms with Crippen molar-refractivity contribution in [3.05, 3.63) is 0 Å². The minimum absolute atomic E-state index is 0.0247. The molecule has 2 amide bonds. The fourth-order valence-electron chi connectivity index (χ4n) is 3.20. The van der Waals surface area contributed by atoms with Crippen LogP contribution in [-0.4, -0.2) is 41.1 Å². The van der Waals surface area contributed by atoms with Gasteiger partial charge >= 0.3 is 12.0 Å². The first-order valence-corrected chi connectivity index (χ1v) is 7.40. The van der Waals surface area contributed by atoms with Crippen molar-refractivity contribution < 1.29 is 14.7 Å². The first-order chi connectivity index (χ1) is 9.13. The Morgan fingerprint density at radius 1 is 1.16 bits per heavy atom. The normalized spacial score (nSPS) is 26.8. The summed E-state index contributed by atoms with van der Waals surface area (Å²) in [6.07, 6.45) is 6.01. The van der Waals surface area contributed by atoms with Crippen LogP contribution in [0.15, 0.2) is 0 Å². The summed E-state index contributed by atoms with van der Waals surface area (Å²) >= 11 is 0. The molecule has 0 aromatic carbocycles. The molecule has 5 heteroatoms. The molecule has 106 valence electrons. The van der Waals surface area contributed by atoms with Gasteiger partial charge in [0.15, 0.2) is 0 Å². The fraction of sp³-hybridized carbons (Fsp3) is 0.857. The molecule has 1 aliphatic heterocycles. The van der Waals surface area contributed by atoms with E-state index in [2.05, 4.69) is 5.32 Å². The van der Waals surface area contributed by atoms with Crippen molar-refractivity contribution in [2.75, 3.05) is 13.1 Å². The van der Waals surface area contributed by atoms with Gasteiger partial charge in [-0.05, 0) is 49.9 Å². The molecule has 0 radical (unpaired) electrons. The highest BCUT2D eigenvalue weighted by molar-refractivity contribution is 5.75. The number of nitrogens with one attached hydrogen (secondary N) is 1. The first kappa shape index (κ1) is 12.8.